The Hall–Kier alpha value is -2.44. The van der Waals surface area contributed by atoms with Crippen molar-refractivity contribution in [1.82, 2.24) is 25.1 Å². The molecule has 2 aromatic heterocycles. The fourth-order valence-corrected chi connectivity index (χ4v) is 1.59. The third-order valence-electron chi connectivity index (χ3n) is 2.50. The summed E-state index contributed by atoms with van der Waals surface area (Å²) in [4.78, 5) is 15.9. The van der Waals surface area contributed by atoms with E-state index in [0.29, 0.717) is 11.5 Å². The predicted octanol–water partition coefficient (Wildman–Crippen LogP) is 0.283. The van der Waals surface area contributed by atoms with Crippen molar-refractivity contribution in [2.75, 3.05) is 5.73 Å². The fourth-order valence-electron chi connectivity index (χ4n) is 1.59. The average molecular weight is 246 g/mol. The van der Waals surface area contributed by atoms with Crippen LogP contribution in [0.4, 0.5) is 5.69 Å². The first kappa shape index (κ1) is 12.0. The Kier molecular flexibility index (Phi) is 3.22. The Bertz CT molecular complexity index is 564. The van der Waals surface area contributed by atoms with Crippen LogP contribution in [0.3, 0.4) is 0 Å². The van der Waals surface area contributed by atoms with E-state index in [1.54, 1.807) is 17.0 Å². The van der Waals surface area contributed by atoms with Gasteiger partial charge in [0.25, 0.3) is 5.91 Å². The van der Waals surface area contributed by atoms with E-state index < -0.39 is 0 Å². The maximum Gasteiger partial charge on any atom is 0.270 e. The zero-order valence-electron chi connectivity index (χ0n) is 10.2. The summed E-state index contributed by atoms with van der Waals surface area (Å²) in [5.74, 6) is 0.380. The van der Waals surface area contributed by atoms with Crippen LogP contribution in [0.2, 0.25) is 0 Å². The molecule has 0 aromatic carbocycles. The SMILES string of the molecule is CC(NC(=O)c1cc(N)ccn1)c1nncn1C. The first-order valence-corrected chi connectivity index (χ1v) is 5.44. The Morgan fingerprint density at radius 2 is 2.33 bits per heavy atom. The molecule has 0 radical (unpaired) electrons. The molecule has 0 aliphatic carbocycles. The number of rotatable bonds is 3. The Morgan fingerprint density at radius 1 is 1.56 bits per heavy atom. The maximum absolute atomic E-state index is 11.9. The van der Waals surface area contributed by atoms with Crippen LogP contribution >= 0.6 is 0 Å². The summed E-state index contributed by atoms with van der Waals surface area (Å²) in [6.45, 7) is 1.83. The molecule has 1 unspecified atom stereocenters. The number of carbonyl (C=O) groups excluding carboxylic acids is 1. The average Bonchev–Trinajstić information content (AvgIpc) is 2.75. The normalized spacial score (nSPS) is 12.1. The van der Waals surface area contributed by atoms with Gasteiger partial charge in [-0.15, -0.1) is 10.2 Å². The molecule has 94 valence electrons. The van der Waals surface area contributed by atoms with E-state index >= 15 is 0 Å². The standard InChI is InChI=1S/C11H14N6O/c1-7(10-16-14-6-17(10)2)15-11(18)9-5-8(12)3-4-13-9/h3-7H,1-2H3,(H2,12,13)(H,15,18). The van der Waals surface area contributed by atoms with Crippen LogP contribution in [-0.4, -0.2) is 25.7 Å². The molecule has 1 amide bonds. The Morgan fingerprint density at radius 3 is 2.94 bits per heavy atom. The number of hydrogen-bond donors (Lipinski definition) is 2. The van der Waals surface area contributed by atoms with Crippen LogP contribution in [0.15, 0.2) is 24.7 Å². The fraction of sp³-hybridized carbons (Fsp3) is 0.273. The zero-order chi connectivity index (χ0) is 13.1. The number of carbonyl (C=O) groups is 1. The smallest absolute Gasteiger partial charge is 0.270 e. The number of nitrogens with zero attached hydrogens (tertiary/aromatic N) is 4. The lowest BCUT2D eigenvalue weighted by molar-refractivity contribution is 0.0933. The van der Waals surface area contributed by atoms with Gasteiger partial charge in [-0.1, -0.05) is 0 Å². The Balaban J connectivity index is 2.10. The summed E-state index contributed by atoms with van der Waals surface area (Å²) in [7, 11) is 1.82. The zero-order valence-corrected chi connectivity index (χ0v) is 10.2. The van der Waals surface area contributed by atoms with E-state index in [1.807, 2.05) is 14.0 Å². The van der Waals surface area contributed by atoms with Crippen LogP contribution in [0.1, 0.15) is 29.3 Å². The van der Waals surface area contributed by atoms with E-state index in [0.717, 1.165) is 0 Å². The van der Waals surface area contributed by atoms with Gasteiger partial charge in [-0.2, -0.15) is 0 Å². The molecule has 0 saturated carbocycles. The van der Waals surface area contributed by atoms with Gasteiger partial charge in [0.15, 0.2) is 5.82 Å². The number of pyridine rings is 1. The second-order valence-corrected chi connectivity index (χ2v) is 3.97. The van der Waals surface area contributed by atoms with E-state index in [1.165, 1.54) is 12.3 Å². The first-order chi connectivity index (χ1) is 8.58. The van der Waals surface area contributed by atoms with Crippen molar-refractivity contribution in [3.8, 4) is 0 Å². The largest absolute Gasteiger partial charge is 0.399 e. The third-order valence-corrected chi connectivity index (χ3v) is 2.50. The highest BCUT2D eigenvalue weighted by molar-refractivity contribution is 5.93. The first-order valence-electron chi connectivity index (χ1n) is 5.44. The van der Waals surface area contributed by atoms with Gasteiger partial charge < -0.3 is 15.6 Å². The maximum atomic E-state index is 11.9. The minimum absolute atomic E-state index is 0.256. The Labute approximate surface area is 104 Å². The quantitative estimate of drug-likeness (QED) is 0.810. The second-order valence-electron chi connectivity index (χ2n) is 3.97. The number of aryl methyl sites for hydroxylation is 1. The number of nitrogen functional groups attached to an aromatic ring is 1. The molecule has 3 N–H and O–H groups in total. The molecule has 2 aromatic rings. The third kappa shape index (κ3) is 2.45. The molecule has 1 atom stereocenters. The summed E-state index contributed by atoms with van der Waals surface area (Å²) in [5.41, 5.74) is 6.38. The summed E-state index contributed by atoms with van der Waals surface area (Å²) in [6, 6.07) is 2.90. The van der Waals surface area contributed by atoms with Crippen molar-refractivity contribution < 1.29 is 4.79 Å². The number of amides is 1. The molecule has 2 rings (SSSR count). The highest BCUT2D eigenvalue weighted by Gasteiger charge is 2.16. The molecule has 0 saturated heterocycles. The molecular weight excluding hydrogens is 232 g/mol. The minimum Gasteiger partial charge on any atom is -0.399 e. The van der Waals surface area contributed by atoms with E-state index in [-0.39, 0.29) is 17.6 Å². The van der Waals surface area contributed by atoms with Gasteiger partial charge in [0.05, 0.1) is 6.04 Å². The molecule has 0 aliphatic heterocycles. The van der Waals surface area contributed by atoms with Crippen LogP contribution in [0.5, 0.6) is 0 Å². The van der Waals surface area contributed by atoms with Crippen LogP contribution in [0.25, 0.3) is 0 Å². The molecule has 2 heterocycles. The summed E-state index contributed by atoms with van der Waals surface area (Å²) in [5, 5.41) is 10.5. The number of anilines is 1. The van der Waals surface area contributed by atoms with Crippen LogP contribution in [-0.2, 0) is 7.05 Å². The van der Waals surface area contributed by atoms with Gasteiger partial charge in [-0.05, 0) is 19.1 Å². The molecule has 0 spiro atoms. The lowest BCUT2D eigenvalue weighted by atomic mass is 10.2. The highest BCUT2D eigenvalue weighted by atomic mass is 16.1. The van der Waals surface area contributed by atoms with Crippen LogP contribution in [0, 0.1) is 0 Å². The van der Waals surface area contributed by atoms with E-state index in [4.69, 9.17) is 5.73 Å². The lowest BCUT2D eigenvalue weighted by Gasteiger charge is -2.12. The van der Waals surface area contributed by atoms with Gasteiger partial charge in [-0.25, -0.2) is 0 Å². The minimum atomic E-state index is -0.294. The number of nitrogens with one attached hydrogen (secondary N) is 1. The molecular formula is C11H14N6O. The predicted molar refractivity (Wildman–Crippen MR) is 65.5 cm³/mol. The van der Waals surface area contributed by atoms with E-state index in [2.05, 4.69) is 20.5 Å². The molecule has 0 bridgehead atoms. The highest BCUT2D eigenvalue weighted by Crippen LogP contribution is 2.09. The van der Waals surface area contributed by atoms with E-state index in [9.17, 15) is 4.79 Å². The van der Waals surface area contributed by atoms with Crippen molar-refractivity contribution in [3.63, 3.8) is 0 Å². The van der Waals surface area contributed by atoms with Gasteiger partial charge in [0.2, 0.25) is 0 Å². The number of hydrogen-bond acceptors (Lipinski definition) is 5. The summed E-state index contributed by atoms with van der Waals surface area (Å²) in [6.07, 6.45) is 3.08. The summed E-state index contributed by atoms with van der Waals surface area (Å²) >= 11 is 0. The topological polar surface area (TPSA) is 98.7 Å². The van der Waals surface area contributed by atoms with Crippen molar-refractivity contribution in [2.24, 2.45) is 7.05 Å². The molecule has 0 aliphatic rings. The monoisotopic (exact) mass is 246 g/mol. The van der Waals surface area contributed by atoms with Gasteiger partial charge in [0.1, 0.15) is 12.0 Å². The van der Waals surface area contributed by atoms with Crippen molar-refractivity contribution in [2.45, 2.75) is 13.0 Å². The molecule has 7 nitrogen and oxygen atoms in total. The van der Waals surface area contributed by atoms with Crippen LogP contribution < -0.4 is 11.1 Å². The van der Waals surface area contributed by atoms with Crippen molar-refractivity contribution in [3.05, 3.63) is 36.2 Å². The molecule has 0 fully saturated rings. The van der Waals surface area contributed by atoms with Crippen molar-refractivity contribution in [1.29, 1.82) is 0 Å². The molecule has 18 heavy (non-hydrogen) atoms. The number of nitrogens with two attached hydrogens (primary N) is 1. The van der Waals surface area contributed by atoms with Crippen molar-refractivity contribution >= 4 is 11.6 Å². The van der Waals surface area contributed by atoms with Gasteiger partial charge in [-0.3, -0.25) is 9.78 Å². The summed E-state index contributed by atoms with van der Waals surface area (Å²) < 4.78 is 1.75. The second kappa shape index (κ2) is 4.82. The number of aromatic nitrogens is 4. The molecule has 7 heteroatoms. The van der Waals surface area contributed by atoms with Gasteiger partial charge >= 0.3 is 0 Å². The van der Waals surface area contributed by atoms with Gasteiger partial charge in [0, 0.05) is 18.9 Å². The lowest BCUT2D eigenvalue weighted by Crippen LogP contribution is -2.29.